The number of benzene rings is 2. The highest BCUT2D eigenvalue weighted by molar-refractivity contribution is 5.92. The topological polar surface area (TPSA) is 76.1 Å². The first-order valence-electron chi connectivity index (χ1n) is 8.22. The van der Waals surface area contributed by atoms with Crippen molar-refractivity contribution >= 4 is 17.5 Å². The number of carbonyl (C=O) groups excluding carboxylic acids is 1. The molecule has 0 saturated heterocycles. The van der Waals surface area contributed by atoms with Gasteiger partial charge < -0.3 is 15.4 Å². The Kier molecular flexibility index (Phi) is 5.43. The van der Waals surface area contributed by atoms with Crippen LogP contribution in [-0.2, 0) is 6.54 Å². The second-order valence-corrected chi connectivity index (χ2v) is 5.79. The Morgan fingerprint density at radius 1 is 1.04 bits per heavy atom. The van der Waals surface area contributed by atoms with Crippen LogP contribution in [0.3, 0.4) is 0 Å². The van der Waals surface area contributed by atoms with Gasteiger partial charge in [-0.3, -0.25) is 4.79 Å². The zero-order valence-electron chi connectivity index (χ0n) is 14.7. The number of amides is 1. The molecular weight excluding hydrogens is 328 g/mol. The third-order valence-electron chi connectivity index (χ3n) is 3.81. The highest BCUT2D eigenvalue weighted by atomic mass is 16.5. The van der Waals surface area contributed by atoms with E-state index in [2.05, 4.69) is 20.6 Å². The Balaban J connectivity index is 1.62. The van der Waals surface area contributed by atoms with Crippen molar-refractivity contribution in [3.63, 3.8) is 0 Å². The van der Waals surface area contributed by atoms with Gasteiger partial charge in [0.15, 0.2) is 0 Å². The molecule has 0 bridgehead atoms. The van der Waals surface area contributed by atoms with E-state index < -0.39 is 0 Å². The number of rotatable bonds is 6. The van der Waals surface area contributed by atoms with Gasteiger partial charge in [0.1, 0.15) is 11.4 Å². The fourth-order valence-corrected chi connectivity index (χ4v) is 2.33. The first-order valence-corrected chi connectivity index (χ1v) is 8.22. The lowest BCUT2D eigenvalue weighted by Crippen LogP contribution is -2.24. The Morgan fingerprint density at radius 3 is 2.46 bits per heavy atom. The van der Waals surface area contributed by atoms with E-state index in [0.717, 1.165) is 17.0 Å². The Hall–Kier alpha value is -3.41. The molecule has 1 amide bonds. The molecule has 0 spiro atoms. The van der Waals surface area contributed by atoms with Crippen LogP contribution in [-0.4, -0.2) is 23.0 Å². The Morgan fingerprint density at radius 2 is 1.77 bits per heavy atom. The normalized spacial score (nSPS) is 10.2. The van der Waals surface area contributed by atoms with Gasteiger partial charge in [0.25, 0.3) is 5.91 Å². The van der Waals surface area contributed by atoms with E-state index >= 15 is 0 Å². The van der Waals surface area contributed by atoms with Gasteiger partial charge in [-0.15, -0.1) is 0 Å². The van der Waals surface area contributed by atoms with Gasteiger partial charge in [0, 0.05) is 18.4 Å². The summed E-state index contributed by atoms with van der Waals surface area (Å²) in [6.45, 7) is 2.43. The molecule has 2 N–H and O–H groups in total. The number of methoxy groups -OCH3 is 1. The highest BCUT2D eigenvalue weighted by Gasteiger charge is 2.09. The van der Waals surface area contributed by atoms with E-state index in [4.69, 9.17) is 4.74 Å². The van der Waals surface area contributed by atoms with Crippen LogP contribution < -0.4 is 15.4 Å². The van der Waals surface area contributed by atoms with Crippen molar-refractivity contribution in [2.45, 2.75) is 13.5 Å². The number of anilines is 2. The second-order valence-electron chi connectivity index (χ2n) is 5.79. The minimum Gasteiger partial charge on any atom is -0.497 e. The minimum absolute atomic E-state index is 0.254. The minimum atomic E-state index is -0.254. The number of nitrogens with zero attached hydrogens (tertiary/aromatic N) is 2. The first kappa shape index (κ1) is 17.4. The summed E-state index contributed by atoms with van der Waals surface area (Å²) in [5.74, 6) is 0.906. The SMILES string of the molecule is COc1ccc(CNC(=O)c2ccnc(Nc3ccc(C)cc3)n2)cc1. The lowest BCUT2D eigenvalue weighted by Gasteiger charge is -2.08. The molecular formula is C20H20N4O2. The van der Waals surface area contributed by atoms with Crippen molar-refractivity contribution in [3.8, 4) is 5.75 Å². The van der Waals surface area contributed by atoms with Gasteiger partial charge in [-0.05, 0) is 42.8 Å². The summed E-state index contributed by atoms with van der Waals surface area (Å²) in [6, 6.07) is 17.0. The molecule has 6 nitrogen and oxygen atoms in total. The molecule has 0 unspecified atom stereocenters. The van der Waals surface area contributed by atoms with Gasteiger partial charge in [0.2, 0.25) is 5.95 Å². The molecule has 6 heteroatoms. The van der Waals surface area contributed by atoms with E-state index in [1.807, 2.05) is 55.5 Å². The maximum atomic E-state index is 12.3. The van der Waals surface area contributed by atoms with Crippen LogP contribution in [0.1, 0.15) is 21.6 Å². The van der Waals surface area contributed by atoms with Crippen LogP contribution in [0.5, 0.6) is 5.75 Å². The summed E-state index contributed by atoms with van der Waals surface area (Å²) in [7, 11) is 1.62. The zero-order valence-corrected chi connectivity index (χ0v) is 14.7. The molecule has 3 aromatic rings. The molecule has 132 valence electrons. The molecule has 2 aromatic carbocycles. The predicted octanol–water partition coefficient (Wildman–Crippen LogP) is 3.47. The highest BCUT2D eigenvalue weighted by Crippen LogP contribution is 2.14. The summed E-state index contributed by atoms with van der Waals surface area (Å²) in [5, 5.41) is 5.95. The van der Waals surface area contributed by atoms with Crippen LogP contribution in [0.25, 0.3) is 0 Å². The van der Waals surface area contributed by atoms with Crippen LogP contribution in [0.4, 0.5) is 11.6 Å². The van der Waals surface area contributed by atoms with Crippen LogP contribution in [0, 0.1) is 6.92 Å². The number of nitrogens with one attached hydrogen (secondary N) is 2. The molecule has 3 rings (SSSR count). The molecule has 0 atom stereocenters. The number of ether oxygens (including phenoxy) is 1. The first-order chi connectivity index (χ1) is 12.6. The number of aryl methyl sites for hydroxylation is 1. The lowest BCUT2D eigenvalue weighted by atomic mass is 10.2. The van der Waals surface area contributed by atoms with E-state index in [1.165, 1.54) is 5.56 Å². The van der Waals surface area contributed by atoms with Crippen LogP contribution >= 0.6 is 0 Å². The molecule has 1 aromatic heterocycles. The van der Waals surface area contributed by atoms with Crippen molar-refractivity contribution < 1.29 is 9.53 Å². The third kappa shape index (κ3) is 4.57. The van der Waals surface area contributed by atoms with Crippen molar-refractivity contribution in [2.24, 2.45) is 0 Å². The van der Waals surface area contributed by atoms with Gasteiger partial charge in [-0.1, -0.05) is 29.8 Å². The Labute approximate surface area is 152 Å². The average molecular weight is 348 g/mol. The van der Waals surface area contributed by atoms with Gasteiger partial charge in [-0.25, -0.2) is 9.97 Å². The molecule has 0 fully saturated rings. The van der Waals surface area contributed by atoms with E-state index in [0.29, 0.717) is 18.2 Å². The molecule has 0 aliphatic rings. The standard InChI is InChI=1S/C20H20N4O2/c1-14-3-7-16(8-4-14)23-20-21-12-11-18(24-20)19(25)22-13-15-5-9-17(26-2)10-6-15/h3-12H,13H2,1-2H3,(H,22,25)(H,21,23,24). The van der Waals surface area contributed by atoms with E-state index in [-0.39, 0.29) is 5.91 Å². The van der Waals surface area contributed by atoms with Gasteiger partial charge in [0.05, 0.1) is 7.11 Å². The van der Waals surface area contributed by atoms with Crippen LogP contribution in [0.2, 0.25) is 0 Å². The smallest absolute Gasteiger partial charge is 0.270 e. The van der Waals surface area contributed by atoms with Gasteiger partial charge >= 0.3 is 0 Å². The maximum Gasteiger partial charge on any atom is 0.270 e. The van der Waals surface area contributed by atoms with Crippen molar-refractivity contribution in [1.82, 2.24) is 15.3 Å². The molecule has 0 aliphatic carbocycles. The largest absolute Gasteiger partial charge is 0.497 e. The predicted molar refractivity (Wildman–Crippen MR) is 101 cm³/mol. The number of aromatic nitrogens is 2. The summed E-state index contributed by atoms with van der Waals surface area (Å²) in [5.41, 5.74) is 3.32. The summed E-state index contributed by atoms with van der Waals surface area (Å²) in [6.07, 6.45) is 1.56. The Bertz CT molecular complexity index is 877. The third-order valence-corrected chi connectivity index (χ3v) is 3.81. The zero-order chi connectivity index (χ0) is 18.4. The quantitative estimate of drug-likeness (QED) is 0.713. The van der Waals surface area contributed by atoms with Crippen molar-refractivity contribution in [2.75, 3.05) is 12.4 Å². The monoisotopic (exact) mass is 348 g/mol. The summed E-state index contributed by atoms with van der Waals surface area (Å²) < 4.78 is 5.12. The van der Waals surface area contributed by atoms with Crippen molar-refractivity contribution in [3.05, 3.63) is 77.6 Å². The number of carbonyl (C=O) groups is 1. The molecule has 26 heavy (non-hydrogen) atoms. The molecule has 0 aliphatic heterocycles. The summed E-state index contributed by atoms with van der Waals surface area (Å²) >= 11 is 0. The van der Waals surface area contributed by atoms with Gasteiger partial charge in [-0.2, -0.15) is 0 Å². The second kappa shape index (κ2) is 8.11. The summed E-state index contributed by atoms with van der Waals surface area (Å²) in [4.78, 5) is 20.8. The van der Waals surface area contributed by atoms with Crippen LogP contribution in [0.15, 0.2) is 60.8 Å². The maximum absolute atomic E-state index is 12.3. The molecule has 0 saturated carbocycles. The fourth-order valence-electron chi connectivity index (χ4n) is 2.33. The van der Waals surface area contributed by atoms with Crippen molar-refractivity contribution in [1.29, 1.82) is 0 Å². The molecule has 0 radical (unpaired) electrons. The fraction of sp³-hybridized carbons (Fsp3) is 0.150. The average Bonchev–Trinajstić information content (AvgIpc) is 2.68. The molecule has 1 heterocycles. The van der Waals surface area contributed by atoms with E-state index in [9.17, 15) is 4.79 Å². The number of hydrogen-bond donors (Lipinski definition) is 2. The number of hydrogen-bond acceptors (Lipinski definition) is 5. The lowest BCUT2D eigenvalue weighted by molar-refractivity contribution is 0.0946. The van der Waals surface area contributed by atoms with E-state index in [1.54, 1.807) is 19.4 Å².